The summed E-state index contributed by atoms with van der Waals surface area (Å²) in [5.41, 5.74) is 0.150. The van der Waals surface area contributed by atoms with Gasteiger partial charge in [0.15, 0.2) is 22.7 Å². The van der Waals surface area contributed by atoms with Crippen molar-refractivity contribution in [3.8, 4) is 11.5 Å². The maximum atomic E-state index is 14.5. The van der Waals surface area contributed by atoms with Crippen LogP contribution in [0.25, 0.3) is 0 Å². The third-order valence-corrected chi connectivity index (χ3v) is 5.31. The number of nitrogen functional groups attached to an aromatic ring is 1. The Morgan fingerprint density at radius 3 is 2.42 bits per heavy atom. The first-order valence-electron chi connectivity index (χ1n) is 11.3. The van der Waals surface area contributed by atoms with Crippen molar-refractivity contribution in [2.45, 2.75) is 19.8 Å². The van der Waals surface area contributed by atoms with Crippen LogP contribution in [-0.4, -0.2) is 53.2 Å². The summed E-state index contributed by atoms with van der Waals surface area (Å²) in [6.07, 6.45) is 1.05. The molecule has 0 aliphatic heterocycles. The fourth-order valence-electron chi connectivity index (χ4n) is 3.33. The van der Waals surface area contributed by atoms with Crippen LogP contribution in [0, 0.1) is 18.2 Å². The first kappa shape index (κ1) is 27.6. The van der Waals surface area contributed by atoms with Crippen LogP contribution in [0.15, 0.2) is 42.5 Å². The van der Waals surface area contributed by atoms with E-state index in [2.05, 4.69) is 10.4 Å². The summed E-state index contributed by atoms with van der Waals surface area (Å²) < 4.78 is 30.3. The number of anilines is 1. The number of methoxy groups -OCH3 is 1. The molecule has 0 aliphatic carbocycles. The Labute approximate surface area is 216 Å². The third kappa shape index (κ3) is 6.84. The average Bonchev–Trinajstić information content (AvgIpc) is 2.88. The zero-order valence-corrected chi connectivity index (χ0v) is 20.6. The number of aryl methyl sites for hydroxylation is 1. The van der Waals surface area contributed by atoms with Gasteiger partial charge in [0.25, 0.3) is 5.91 Å². The molecule has 12 nitrogen and oxygen atoms in total. The number of hydrogen-bond acceptors (Lipinski definition) is 9. The molecule has 3 rings (SSSR count). The molecule has 1 amide bonds. The maximum Gasteiger partial charge on any atom is 0.338 e. The van der Waals surface area contributed by atoms with Crippen molar-refractivity contribution in [1.82, 2.24) is 9.89 Å². The molecule has 0 saturated heterocycles. The molecular weight excluding hydrogens is 501 g/mol. The molecule has 1 aromatic heterocycles. The van der Waals surface area contributed by atoms with E-state index in [0.717, 1.165) is 12.1 Å². The van der Waals surface area contributed by atoms with Crippen molar-refractivity contribution in [3.63, 3.8) is 0 Å². The number of benzene rings is 2. The molecule has 13 heteroatoms. The highest BCUT2D eigenvalue weighted by Crippen LogP contribution is 2.27. The number of esters is 1. The van der Waals surface area contributed by atoms with Gasteiger partial charge < -0.3 is 30.5 Å². The summed E-state index contributed by atoms with van der Waals surface area (Å²) in [4.78, 5) is 36.4. The van der Waals surface area contributed by atoms with Crippen LogP contribution in [-0.2, 0) is 4.74 Å². The van der Waals surface area contributed by atoms with Crippen LogP contribution in [0.3, 0.4) is 0 Å². The number of nitrogens with zero attached hydrogens (tertiary/aromatic N) is 2. The van der Waals surface area contributed by atoms with Crippen molar-refractivity contribution >= 4 is 23.5 Å². The molecule has 0 saturated carbocycles. The van der Waals surface area contributed by atoms with E-state index in [9.17, 15) is 23.9 Å². The van der Waals surface area contributed by atoms with Crippen LogP contribution in [0.1, 0.15) is 49.6 Å². The molecule has 0 fully saturated rings. The third-order valence-electron chi connectivity index (χ3n) is 5.31. The Kier molecular flexibility index (Phi) is 8.98. The highest BCUT2D eigenvalue weighted by molar-refractivity contribution is 6.06. The van der Waals surface area contributed by atoms with Crippen LogP contribution in [0.2, 0.25) is 0 Å². The molecule has 0 aliphatic rings. The van der Waals surface area contributed by atoms with E-state index < -0.39 is 29.2 Å². The van der Waals surface area contributed by atoms with Crippen molar-refractivity contribution in [3.05, 3.63) is 76.2 Å². The molecule has 0 radical (unpaired) electrons. The summed E-state index contributed by atoms with van der Waals surface area (Å²) in [6, 6.07) is 9.31. The number of aromatic carboxylic acids is 1. The number of rotatable bonds is 11. The highest BCUT2D eigenvalue weighted by atomic mass is 19.1. The summed E-state index contributed by atoms with van der Waals surface area (Å²) in [7, 11) is 1.31. The second-order valence-corrected chi connectivity index (χ2v) is 8.01. The van der Waals surface area contributed by atoms with Crippen molar-refractivity contribution < 1.29 is 38.1 Å². The zero-order valence-electron chi connectivity index (χ0n) is 20.6. The topological polar surface area (TPSA) is 179 Å². The van der Waals surface area contributed by atoms with Crippen molar-refractivity contribution in [2.75, 3.05) is 31.5 Å². The minimum atomic E-state index is -1.46. The Hall–Kier alpha value is -4.94. The van der Waals surface area contributed by atoms with E-state index in [-0.39, 0.29) is 29.2 Å². The zero-order chi connectivity index (χ0) is 27.8. The molecular formula is C25H26FN5O7. The molecule has 0 unspecified atom stereocenters. The van der Waals surface area contributed by atoms with Gasteiger partial charge in [0.2, 0.25) is 0 Å². The Bertz CT molecular complexity index is 1420. The fourth-order valence-corrected chi connectivity index (χ4v) is 3.33. The Morgan fingerprint density at radius 1 is 1.08 bits per heavy atom. The lowest BCUT2D eigenvalue weighted by atomic mass is 10.1. The van der Waals surface area contributed by atoms with Crippen LogP contribution >= 0.6 is 0 Å². The standard InChI is InChI=1S/C25H26FN5O7/c1-14-11-15(5-6-16(14)25(35)36-2)37-9-3-4-10-38-21-13-20(17(24(33)34)12-18(21)26)29-23(32)19-7-8-22(27)31(28)30-19/h5-8,11-13,27H,3-4,9-10,28H2,1-2H3,(H,29,32)(H,33,34). The Balaban J connectivity index is 1.58. The normalized spacial score (nSPS) is 10.5. The first-order valence-corrected chi connectivity index (χ1v) is 11.3. The van der Waals surface area contributed by atoms with E-state index in [4.69, 9.17) is 25.5 Å². The number of carbonyl (C=O) groups is 3. The molecule has 1 heterocycles. The van der Waals surface area contributed by atoms with Crippen LogP contribution < -0.4 is 26.1 Å². The number of carboxylic acid groups (broad SMARTS) is 1. The fraction of sp³-hybridized carbons (Fsp3) is 0.240. The first-order chi connectivity index (χ1) is 18.1. The summed E-state index contributed by atoms with van der Waals surface area (Å²) >= 11 is 0. The summed E-state index contributed by atoms with van der Waals surface area (Å²) in [5, 5.41) is 23.0. The number of carbonyl (C=O) groups excluding carboxylic acids is 2. The van der Waals surface area contributed by atoms with E-state index in [1.807, 2.05) is 0 Å². The van der Waals surface area contributed by atoms with Gasteiger partial charge in [0.05, 0.1) is 37.1 Å². The highest BCUT2D eigenvalue weighted by Gasteiger charge is 2.19. The van der Waals surface area contributed by atoms with E-state index in [0.29, 0.717) is 41.1 Å². The quantitative estimate of drug-likeness (QED) is 0.166. The number of nitrogens with two attached hydrogens (primary N) is 1. The second-order valence-electron chi connectivity index (χ2n) is 8.01. The Morgan fingerprint density at radius 2 is 1.79 bits per heavy atom. The predicted octanol–water partition coefficient (Wildman–Crippen LogP) is 2.50. The van der Waals surface area contributed by atoms with E-state index in [1.54, 1.807) is 25.1 Å². The van der Waals surface area contributed by atoms with Gasteiger partial charge in [-0.3, -0.25) is 10.2 Å². The molecule has 5 N–H and O–H groups in total. The number of carboxylic acids is 1. The molecule has 2 aromatic carbocycles. The number of nitrogens with one attached hydrogen (secondary N) is 2. The van der Waals surface area contributed by atoms with Gasteiger partial charge in [-0.25, -0.2) is 14.0 Å². The van der Waals surface area contributed by atoms with E-state index >= 15 is 0 Å². The number of hydrogen-bond donors (Lipinski definition) is 4. The van der Waals surface area contributed by atoms with Gasteiger partial charge >= 0.3 is 11.9 Å². The average molecular weight is 528 g/mol. The number of amides is 1. The number of halogens is 1. The predicted molar refractivity (Wildman–Crippen MR) is 132 cm³/mol. The summed E-state index contributed by atoms with van der Waals surface area (Å²) in [5.74, 6) is 2.20. The number of unbranched alkanes of at least 4 members (excludes halogenated alkanes) is 1. The van der Waals surface area contributed by atoms with Gasteiger partial charge in [-0.05, 0) is 61.7 Å². The maximum absolute atomic E-state index is 14.5. The smallest absolute Gasteiger partial charge is 0.338 e. The van der Waals surface area contributed by atoms with E-state index in [1.165, 1.54) is 19.2 Å². The lowest BCUT2D eigenvalue weighted by molar-refractivity contribution is 0.0598. The molecule has 38 heavy (non-hydrogen) atoms. The van der Waals surface area contributed by atoms with Gasteiger partial charge in [0, 0.05) is 6.07 Å². The lowest BCUT2D eigenvalue weighted by Gasteiger charge is -2.13. The second kappa shape index (κ2) is 12.3. The van der Waals surface area contributed by atoms with Gasteiger partial charge in [-0.2, -0.15) is 4.79 Å². The number of ether oxygens (including phenoxy) is 3. The van der Waals surface area contributed by atoms with Gasteiger partial charge in [-0.1, -0.05) is 0 Å². The lowest BCUT2D eigenvalue weighted by Crippen LogP contribution is -2.31. The largest absolute Gasteiger partial charge is 0.494 e. The molecule has 0 bridgehead atoms. The van der Waals surface area contributed by atoms with Gasteiger partial charge in [0.1, 0.15) is 5.75 Å². The monoisotopic (exact) mass is 527 g/mol. The molecule has 0 atom stereocenters. The van der Waals surface area contributed by atoms with Gasteiger partial charge in [-0.15, -0.1) is 5.10 Å². The molecule has 0 spiro atoms. The SMILES string of the molecule is COC(=O)c1ccc(OCCCCOc2cc(NC(=O)c3ccc(=N)n(N)n3)c(C(=O)O)cc2F)cc1C. The van der Waals surface area contributed by atoms with Crippen molar-refractivity contribution in [2.24, 2.45) is 0 Å². The minimum Gasteiger partial charge on any atom is -0.494 e. The minimum absolute atomic E-state index is 0.0973. The van der Waals surface area contributed by atoms with Crippen LogP contribution in [0.4, 0.5) is 10.1 Å². The molecule has 200 valence electrons. The number of aromatic nitrogens is 2. The molecule has 3 aromatic rings. The van der Waals surface area contributed by atoms with Crippen molar-refractivity contribution in [1.29, 1.82) is 5.41 Å². The van der Waals surface area contributed by atoms with Crippen LogP contribution in [0.5, 0.6) is 11.5 Å². The summed E-state index contributed by atoms with van der Waals surface area (Å²) in [6.45, 7) is 2.21.